The molecule has 0 aliphatic heterocycles. The molecule has 0 saturated heterocycles. The molecule has 0 aliphatic rings. The van der Waals surface area contributed by atoms with Crippen molar-refractivity contribution in [2.24, 2.45) is 0 Å². The van der Waals surface area contributed by atoms with Crippen molar-refractivity contribution in [2.75, 3.05) is 0 Å². The molecule has 11 rings (SSSR count). The van der Waals surface area contributed by atoms with Crippen molar-refractivity contribution in [2.45, 2.75) is 0 Å². The van der Waals surface area contributed by atoms with E-state index < -0.39 is 7.14 Å². The quantitative estimate of drug-likeness (QED) is 0.125. The van der Waals surface area contributed by atoms with Crippen LogP contribution in [0.5, 0.6) is 0 Å². The largest absolute Gasteiger partial charge is 0.309 e. The van der Waals surface area contributed by atoms with Crippen molar-refractivity contribution in [1.82, 2.24) is 9.55 Å². The zero-order valence-electron chi connectivity index (χ0n) is 31.0. The van der Waals surface area contributed by atoms with Crippen LogP contribution in [-0.4, -0.2) is 9.55 Å². The molecular formula is C53H35N2OP. The number of hydrogen-bond acceptors (Lipinski definition) is 2. The zero-order valence-corrected chi connectivity index (χ0v) is 31.9. The van der Waals surface area contributed by atoms with Gasteiger partial charge in [0.2, 0.25) is 0 Å². The van der Waals surface area contributed by atoms with Crippen LogP contribution in [0.4, 0.5) is 0 Å². The average molecular weight is 747 g/mol. The number of para-hydroxylation sites is 3. The van der Waals surface area contributed by atoms with E-state index in [1.54, 1.807) is 0 Å². The first-order chi connectivity index (χ1) is 28.2. The van der Waals surface area contributed by atoms with Gasteiger partial charge in [-0.1, -0.05) is 182 Å². The van der Waals surface area contributed by atoms with E-state index in [0.29, 0.717) is 0 Å². The number of rotatable bonds is 6. The van der Waals surface area contributed by atoms with Gasteiger partial charge in [-0.15, -0.1) is 0 Å². The molecule has 9 aromatic carbocycles. The molecule has 57 heavy (non-hydrogen) atoms. The van der Waals surface area contributed by atoms with Gasteiger partial charge in [0, 0.05) is 54.3 Å². The summed E-state index contributed by atoms with van der Waals surface area (Å²) in [5.41, 5.74) is 8.51. The predicted molar refractivity (Wildman–Crippen MR) is 241 cm³/mol. The predicted octanol–water partition coefficient (Wildman–Crippen LogP) is 12.6. The zero-order chi connectivity index (χ0) is 37.9. The van der Waals surface area contributed by atoms with E-state index in [2.05, 4.69) is 156 Å². The molecule has 0 atom stereocenters. The van der Waals surface area contributed by atoms with Gasteiger partial charge in [-0.2, -0.15) is 0 Å². The van der Waals surface area contributed by atoms with Crippen LogP contribution in [0.3, 0.4) is 0 Å². The molecule has 0 radical (unpaired) electrons. The minimum Gasteiger partial charge on any atom is -0.309 e. The van der Waals surface area contributed by atoms with E-state index >= 15 is 4.57 Å². The maximum absolute atomic E-state index is 15.3. The van der Waals surface area contributed by atoms with Crippen LogP contribution in [0.2, 0.25) is 0 Å². The normalized spacial score (nSPS) is 11.9. The summed E-state index contributed by atoms with van der Waals surface area (Å²) in [5, 5.41) is 10.6. The first kappa shape index (κ1) is 33.3. The Bertz CT molecular complexity index is 3310. The molecule has 0 aliphatic carbocycles. The standard InChI is InChI=1S/C53H35N2OP/c56-57(41-19-6-2-7-20-41,42-21-8-3-9-22-42)43-31-29-37(30-32-43)44-24-14-25-47-50-49(55(53(44)47)40-17-4-1-5-18-40)34-33-46-45-23-12-13-26-48(45)54-52(51(46)50)39-28-27-36-15-10-11-16-38(36)35-39/h1-35H. The number of hydrogen-bond donors (Lipinski definition) is 0. The van der Waals surface area contributed by atoms with E-state index in [1.165, 1.54) is 21.5 Å². The van der Waals surface area contributed by atoms with Crippen molar-refractivity contribution in [3.63, 3.8) is 0 Å². The summed E-state index contributed by atoms with van der Waals surface area (Å²) in [5.74, 6) is 0. The van der Waals surface area contributed by atoms with Gasteiger partial charge in [-0.25, -0.2) is 4.98 Å². The second kappa shape index (κ2) is 13.3. The highest BCUT2D eigenvalue weighted by Crippen LogP contribution is 2.46. The van der Waals surface area contributed by atoms with Crippen LogP contribution in [-0.2, 0) is 4.57 Å². The third-order valence-corrected chi connectivity index (χ3v) is 14.5. The Hall–Kier alpha value is -7.06. The molecule has 0 unspecified atom stereocenters. The van der Waals surface area contributed by atoms with Crippen LogP contribution in [0.15, 0.2) is 212 Å². The van der Waals surface area contributed by atoms with E-state index in [0.717, 1.165) is 76.7 Å². The van der Waals surface area contributed by atoms with Gasteiger partial charge in [0.15, 0.2) is 7.14 Å². The summed E-state index contributed by atoms with van der Waals surface area (Å²) in [7, 11) is -3.13. The molecule has 2 aromatic heterocycles. The molecule has 268 valence electrons. The molecule has 0 bridgehead atoms. The van der Waals surface area contributed by atoms with Gasteiger partial charge in [-0.05, 0) is 52.1 Å². The summed E-state index contributed by atoms with van der Waals surface area (Å²) in [6.45, 7) is 0. The molecule has 0 fully saturated rings. The Balaban J connectivity index is 1.20. The van der Waals surface area contributed by atoms with E-state index in [4.69, 9.17) is 4.98 Å². The molecule has 0 N–H and O–H groups in total. The van der Waals surface area contributed by atoms with Gasteiger partial charge >= 0.3 is 0 Å². The Labute approximate surface area is 330 Å². The smallest absolute Gasteiger partial charge is 0.171 e. The van der Waals surface area contributed by atoms with Gasteiger partial charge in [0.1, 0.15) is 0 Å². The maximum Gasteiger partial charge on any atom is 0.171 e. The minimum atomic E-state index is -3.13. The van der Waals surface area contributed by atoms with E-state index in [9.17, 15) is 0 Å². The van der Waals surface area contributed by atoms with Crippen molar-refractivity contribution < 1.29 is 4.57 Å². The minimum absolute atomic E-state index is 0.809. The van der Waals surface area contributed by atoms with Crippen molar-refractivity contribution in [3.05, 3.63) is 212 Å². The summed E-state index contributed by atoms with van der Waals surface area (Å²) >= 11 is 0. The number of aromatic nitrogens is 2. The van der Waals surface area contributed by atoms with Crippen molar-refractivity contribution in [3.8, 4) is 28.1 Å². The van der Waals surface area contributed by atoms with Crippen LogP contribution >= 0.6 is 7.14 Å². The Morgan fingerprint density at radius 3 is 1.75 bits per heavy atom. The number of fused-ring (bicyclic) bond motifs is 8. The molecule has 11 aromatic rings. The lowest BCUT2D eigenvalue weighted by Crippen LogP contribution is -2.24. The maximum atomic E-state index is 15.3. The van der Waals surface area contributed by atoms with Crippen LogP contribution in [0.1, 0.15) is 0 Å². The van der Waals surface area contributed by atoms with Crippen LogP contribution in [0, 0.1) is 0 Å². The second-order valence-electron chi connectivity index (χ2n) is 14.6. The van der Waals surface area contributed by atoms with Gasteiger partial charge in [0.25, 0.3) is 0 Å². The Morgan fingerprint density at radius 2 is 1.02 bits per heavy atom. The molecular weight excluding hydrogens is 712 g/mol. The molecule has 3 nitrogen and oxygen atoms in total. The lowest BCUT2D eigenvalue weighted by molar-refractivity contribution is 0.592. The Morgan fingerprint density at radius 1 is 0.421 bits per heavy atom. The fourth-order valence-electron chi connectivity index (χ4n) is 8.80. The highest BCUT2D eigenvalue weighted by atomic mass is 31.2. The molecule has 0 amide bonds. The lowest BCUT2D eigenvalue weighted by Gasteiger charge is -2.20. The van der Waals surface area contributed by atoms with E-state index in [1.807, 2.05) is 60.7 Å². The number of pyridine rings is 1. The topological polar surface area (TPSA) is 34.9 Å². The lowest BCUT2D eigenvalue weighted by atomic mass is 9.94. The van der Waals surface area contributed by atoms with Gasteiger partial charge in [0.05, 0.1) is 22.2 Å². The summed E-state index contributed by atoms with van der Waals surface area (Å²) < 4.78 is 17.7. The average Bonchev–Trinajstić information content (AvgIpc) is 3.64. The number of benzene rings is 9. The molecule has 4 heteroatoms. The fourth-order valence-corrected chi connectivity index (χ4v) is 11.4. The SMILES string of the molecule is O=P(c1ccccc1)(c1ccccc1)c1ccc(-c2cccc3c4c5c(-c6ccc7ccccc7c6)nc6ccccc6c5ccc4n(-c4ccccc4)c23)cc1. The van der Waals surface area contributed by atoms with Gasteiger partial charge < -0.3 is 9.13 Å². The van der Waals surface area contributed by atoms with Crippen molar-refractivity contribution >= 4 is 77.3 Å². The third kappa shape index (κ3) is 5.28. The second-order valence-corrected chi connectivity index (χ2v) is 17.4. The van der Waals surface area contributed by atoms with Crippen LogP contribution in [0.25, 0.3) is 82.3 Å². The first-order valence-electron chi connectivity index (χ1n) is 19.3. The summed E-state index contributed by atoms with van der Waals surface area (Å²) in [6.07, 6.45) is 0. The highest BCUT2D eigenvalue weighted by Gasteiger charge is 2.30. The highest BCUT2D eigenvalue weighted by molar-refractivity contribution is 7.85. The van der Waals surface area contributed by atoms with Crippen LogP contribution < -0.4 is 15.9 Å². The monoisotopic (exact) mass is 746 g/mol. The third-order valence-electron chi connectivity index (χ3n) is 11.4. The molecule has 0 saturated carbocycles. The summed E-state index contributed by atoms with van der Waals surface area (Å²) in [4.78, 5) is 5.45. The first-order valence-corrected chi connectivity index (χ1v) is 21.0. The number of nitrogens with zero attached hydrogens (tertiary/aromatic N) is 2. The fraction of sp³-hybridized carbons (Fsp3) is 0. The van der Waals surface area contributed by atoms with Crippen molar-refractivity contribution in [1.29, 1.82) is 0 Å². The van der Waals surface area contributed by atoms with Gasteiger partial charge in [-0.3, -0.25) is 0 Å². The molecule has 0 spiro atoms. The van der Waals surface area contributed by atoms with E-state index in [-0.39, 0.29) is 0 Å². The Kier molecular flexibility index (Phi) is 7.77. The molecule has 2 heterocycles. The summed E-state index contributed by atoms with van der Waals surface area (Å²) in [6, 6.07) is 73.7.